The maximum Gasteiger partial charge on any atom is 0.306 e. The van der Waals surface area contributed by atoms with E-state index < -0.39 is 18.2 Å². The van der Waals surface area contributed by atoms with E-state index >= 15 is 0 Å². The van der Waals surface area contributed by atoms with Crippen molar-refractivity contribution in [3.63, 3.8) is 0 Å². The van der Waals surface area contributed by atoms with Gasteiger partial charge < -0.3 is 20.3 Å². The molecule has 0 fully saturated rings. The third-order valence-corrected chi connectivity index (χ3v) is 12.2. The highest BCUT2D eigenvalue weighted by Crippen LogP contribution is 2.17. The van der Waals surface area contributed by atoms with Gasteiger partial charge in [-0.05, 0) is 70.6 Å². The van der Waals surface area contributed by atoms with Crippen molar-refractivity contribution in [2.75, 3.05) is 6.61 Å². The zero-order valence-corrected chi connectivity index (χ0v) is 40.8. The van der Waals surface area contributed by atoms with Gasteiger partial charge in [0, 0.05) is 6.42 Å². The third kappa shape index (κ3) is 44.5. The van der Waals surface area contributed by atoms with E-state index in [2.05, 4.69) is 62.5 Å². The predicted molar refractivity (Wildman–Crippen MR) is 264 cm³/mol. The second-order valence-electron chi connectivity index (χ2n) is 18.3. The summed E-state index contributed by atoms with van der Waals surface area (Å²) in [6, 6.07) is -0.710. The van der Waals surface area contributed by atoms with E-state index in [4.69, 9.17) is 4.74 Å². The Morgan fingerprint density at radius 3 is 1.30 bits per heavy atom. The smallest absolute Gasteiger partial charge is 0.306 e. The Balaban J connectivity index is 4.57. The molecule has 0 bridgehead atoms. The normalized spacial score (nSPS) is 13.5. The van der Waals surface area contributed by atoms with Crippen molar-refractivity contribution in [3.8, 4) is 0 Å². The lowest BCUT2D eigenvalue weighted by atomic mass is 10.0. The Morgan fingerprint density at radius 1 is 0.475 bits per heavy atom. The van der Waals surface area contributed by atoms with Crippen molar-refractivity contribution in [1.29, 1.82) is 0 Å². The van der Waals surface area contributed by atoms with Gasteiger partial charge in [-0.2, -0.15) is 0 Å². The molecule has 0 spiro atoms. The Hall–Kier alpha value is -1.92. The van der Waals surface area contributed by atoms with Gasteiger partial charge in [0.1, 0.15) is 6.10 Å². The maximum absolute atomic E-state index is 13.2. The topological polar surface area (TPSA) is 95.9 Å². The molecular formula is C55H103NO5. The molecule has 0 aliphatic carbocycles. The molecule has 0 aromatic rings. The van der Waals surface area contributed by atoms with Crippen molar-refractivity contribution in [2.45, 2.75) is 296 Å². The summed E-state index contributed by atoms with van der Waals surface area (Å²) in [5.41, 5.74) is 0. The average Bonchev–Trinajstić information content (AvgIpc) is 3.25. The van der Waals surface area contributed by atoms with E-state index in [1.165, 1.54) is 161 Å². The van der Waals surface area contributed by atoms with E-state index in [1.54, 1.807) is 0 Å². The van der Waals surface area contributed by atoms with Crippen molar-refractivity contribution in [2.24, 2.45) is 0 Å². The van der Waals surface area contributed by atoms with E-state index in [0.717, 1.165) is 70.6 Å². The molecule has 3 N–H and O–H groups in total. The lowest BCUT2D eigenvalue weighted by molar-refractivity contribution is -0.151. The molecule has 0 aromatic carbocycles. The molecule has 0 radical (unpaired) electrons. The molecule has 0 aliphatic heterocycles. The summed E-state index contributed by atoms with van der Waals surface area (Å²) in [7, 11) is 0. The molecule has 1 amide bonds. The lowest BCUT2D eigenvalue weighted by Crippen LogP contribution is -2.46. The number of hydrogen-bond acceptors (Lipinski definition) is 5. The van der Waals surface area contributed by atoms with Crippen LogP contribution < -0.4 is 5.32 Å². The Morgan fingerprint density at radius 2 is 0.852 bits per heavy atom. The summed E-state index contributed by atoms with van der Waals surface area (Å²) in [5.74, 6) is -0.512. The minimum Gasteiger partial charge on any atom is -0.462 e. The van der Waals surface area contributed by atoms with Gasteiger partial charge in [0.15, 0.2) is 0 Å². The minimum absolute atomic E-state index is 0.0527. The van der Waals surface area contributed by atoms with Gasteiger partial charge in [-0.3, -0.25) is 9.59 Å². The van der Waals surface area contributed by atoms with Crippen LogP contribution in [0.4, 0.5) is 0 Å². The van der Waals surface area contributed by atoms with E-state index in [0.29, 0.717) is 19.3 Å². The minimum atomic E-state index is -0.794. The number of esters is 1. The molecule has 61 heavy (non-hydrogen) atoms. The van der Waals surface area contributed by atoms with Crippen molar-refractivity contribution in [1.82, 2.24) is 5.32 Å². The van der Waals surface area contributed by atoms with Gasteiger partial charge in [-0.25, -0.2) is 0 Å². The van der Waals surface area contributed by atoms with Gasteiger partial charge in [0.25, 0.3) is 0 Å². The predicted octanol–water partition coefficient (Wildman–Crippen LogP) is 16.1. The highest BCUT2D eigenvalue weighted by molar-refractivity contribution is 5.77. The molecule has 6 nitrogen and oxygen atoms in total. The molecule has 0 aliphatic rings. The number of allylic oxidation sites excluding steroid dienone is 6. The molecular weight excluding hydrogens is 755 g/mol. The molecule has 3 unspecified atom stereocenters. The highest BCUT2D eigenvalue weighted by Gasteiger charge is 2.24. The molecule has 0 aromatic heterocycles. The molecule has 0 saturated heterocycles. The fourth-order valence-corrected chi connectivity index (χ4v) is 8.13. The van der Waals surface area contributed by atoms with Crippen LogP contribution in [0.2, 0.25) is 0 Å². The Bertz CT molecular complexity index is 1010. The number of nitrogens with one attached hydrogen (secondary N) is 1. The summed E-state index contributed by atoms with van der Waals surface area (Å²) >= 11 is 0. The summed E-state index contributed by atoms with van der Waals surface area (Å²) in [6.07, 6.45) is 57.8. The number of aliphatic hydroxyl groups is 2. The van der Waals surface area contributed by atoms with Crippen molar-refractivity contribution in [3.05, 3.63) is 36.5 Å². The molecule has 6 heteroatoms. The quantitative estimate of drug-likeness (QED) is 0.0245. The van der Waals surface area contributed by atoms with Crippen molar-refractivity contribution < 1.29 is 24.5 Å². The average molecular weight is 858 g/mol. The van der Waals surface area contributed by atoms with E-state index in [1.807, 2.05) is 0 Å². The molecule has 3 atom stereocenters. The zero-order valence-electron chi connectivity index (χ0n) is 40.8. The fraction of sp³-hybridized carbons (Fsp3) is 0.855. The summed E-state index contributed by atoms with van der Waals surface area (Å²) in [4.78, 5) is 26.1. The van der Waals surface area contributed by atoms with Crippen LogP contribution in [0.5, 0.6) is 0 Å². The standard InChI is InChI=1S/C55H103NO5/c1-4-7-10-13-16-19-22-25-26-27-28-29-30-33-36-39-42-45-48-55(60)61-51(46-43-40-37-34-31-23-20-17-14-11-8-5-2)49-54(59)56-52(50-57)53(58)47-44-41-38-35-32-24-21-18-15-12-9-6-3/h26-29,34,37,51-53,57-58H,4-25,30-33,35-36,38-50H2,1-3H3,(H,56,59)/b27-26+,29-28+,37-34-. The second-order valence-corrected chi connectivity index (χ2v) is 18.3. The monoisotopic (exact) mass is 858 g/mol. The first-order valence-corrected chi connectivity index (χ1v) is 26.7. The first-order chi connectivity index (χ1) is 30.0. The van der Waals surface area contributed by atoms with Crippen LogP contribution in [0.3, 0.4) is 0 Å². The molecule has 358 valence electrons. The maximum atomic E-state index is 13.2. The number of carbonyl (C=O) groups excluding carboxylic acids is 2. The molecule has 0 heterocycles. The van der Waals surface area contributed by atoms with Crippen LogP contribution in [0, 0.1) is 0 Å². The fourth-order valence-electron chi connectivity index (χ4n) is 8.13. The Labute approximate surface area is 379 Å². The van der Waals surface area contributed by atoms with Gasteiger partial charge >= 0.3 is 5.97 Å². The third-order valence-electron chi connectivity index (χ3n) is 12.2. The van der Waals surface area contributed by atoms with Crippen LogP contribution in [-0.2, 0) is 14.3 Å². The highest BCUT2D eigenvalue weighted by atomic mass is 16.5. The van der Waals surface area contributed by atoms with Crippen LogP contribution >= 0.6 is 0 Å². The number of ether oxygens (including phenoxy) is 1. The van der Waals surface area contributed by atoms with E-state index in [-0.39, 0.29) is 24.9 Å². The number of carbonyl (C=O) groups is 2. The molecule has 0 rings (SSSR count). The van der Waals surface area contributed by atoms with E-state index in [9.17, 15) is 19.8 Å². The first kappa shape index (κ1) is 59.1. The summed E-state index contributed by atoms with van der Waals surface area (Å²) in [6.45, 7) is 6.47. The zero-order chi connectivity index (χ0) is 44.5. The number of aliphatic hydroxyl groups excluding tert-OH is 2. The van der Waals surface area contributed by atoms with Gasteiger partial charge in [-0.1, -0.05) is 231 Å². The second kappa shape index (κ2) is 49.1. The Kier molecular flexibility index (Phi) is 47.6. The summed E-state index contributed by atoms with van der Waals surface area (Å²) < 4.78 is 5.91. The van der Waals surface area contributed by atoms with Gasteiger partial charge in [-0.15, -0.1) is 0 Å². The number of unbranched alkanes of at least 4 members (excludes halogenated alkanes) is 31. The van der Waals surface area contributed by atoms with Crippen LogP contribution in [0.15, 0.2) is 36.5 Å². The number of hydrogen-bond donors (Lipinski definition) is 3. The largest absolute Gasteiger partial charge is 0.462 e. The SMILES string of the molecule is CCCCCCCCC/C=C\CCCC(CC(=O)NC(CO)C(O)CCCCCCCCCCCCCC)OC(=O)CCCCCCC/C=C/C=C/CCCCCCCCC. The molecule has 0 saturated carbocycles. The lowest BCUT2D eigenvalue weighted by Gasteiger charge is -2.24. The first-order valence-electron chi connectivity index (χ1n) is 26.7. The van der Waals surface area contributed by atoms with Crippen LogP contribution in [0.25, 0.3) is 0 Å². The number of amides is 1. The van der Waals surface area contributed by atoms with Gasteiger partial charge in [0.05, 0.1) is 25.2 Å². The van der Waals surface area contributed by atoms with Gasteiger partial charge in [0.2, 0.25) is 5.91 Å². The van der Waals surface area contributed by atoms with Crippen LogP contribution in [0.1, 0.15) is 278 Å². The van der Waals surface area contributed by atoms with Crippen molar-refractivity contribution >= 4 is 11.9 Å². The summed E-state index contributed by atoms with van der Waals surface area (Å²) in [5, 5.41) is 23.7. The van der Waals surface area contributed by atoms with Crippen LogP contribution in [-0.4, -0.2) is 46.9 Å². The number of rotatable bonds is 48.